The van der Waals surface area contributed by atoms with Crippen LogP contribution < -0.4 is 20.7 Å². The van der Waals surface area contributed by atoms with Crippen LogP contribution in [0.4, 0.5) is 0 Å². The molecule has 0 aliphatic rings. The van der Waals surface area contributed by atoms with E-state index >= 15 is 0 Å². The Hall–Kier alpha value is -3.56. The van der Waals surface area contributed by atoms with Crippen molar-refractivity contribution in [2.75, 3.05) is 20.3 Å². The van der Waals surface area contributed by atoms with E-state index in [2.05, 4.69) is 4.98 Å². The van der Waals surface area contributed by atoms with Gasteiger partial charge in [-0.25, -0.2) is 14.3 Å². The number of aromatic nitrogens is 4. The third kappa shape index (κ3) is 4.94. The third-order valence-corrected chi connectivity index (χ3v) is 5.40. The molecule has 0 radical (unpaired) electrons. The fraction of sp³-hybridized carbons (Fsp3) is 0.478. The third-order valence-electron chi connectivity index (χ3n) is 5.40. The highest BCUT2D eigenvalue weighted by Gasteiger charge is 2.20. The molecular formula is C23H31N5O5. The maximum absolute atomic E-state index is 13.2. The van der Waals surface area contributed by atoms with Crippen molar-refractivity contribution in [3.05, 3.63) is 50.9 Å². The zero-order valence-electron chi connectivity index (χ0n) is 19.8. The average molecular weight is 458 g/mol. The highest BCUT2D eigenvalue weighted by Crippen LogP contribution is 2.28. The molecule has 1 amide bonds. The van der Waals surface area contributed by atoms with Gasteiger partial charge in [-0.2, -0.15) is 0 Å². The van der Waals surface area contributed by atoms with Gasteiger partial charge >= 0.3 is 5.69 Å². The molecule has 3 rings (SSSR count). The van der Waals surface area contributed by atoms with E-state index in [-0.39, 0.29) is 18.0 Å². The molecule has 3 aromatic rings. The van der Waals surface area contributed by atoms with Crippen LogP contribution in [0.3, 0.4) is 0 Å². The molecular weight excluding hydrogens is 426 g/mol. The first kappa shape index (κ1) is 24.1. The highest BCUT2D eigenvalue weighted by atomic mass is 16.5. The summed E-state index contributed by atoms with van der Waals surface area (Å²) in [5.74, 6) is 0.926. The maximum atomic E-state index is 13.2. The highest BCUT2D eigenvalue weighted by molar-refractivity contribution is 5.77. The van der Waals surface area contributed by atoms with E-state index in [1.54, 1.807) is 23.6 Å². The molecule has 33 heavy (non-hydrogen) atoms. The molecule has 10 heteroatoms. The fourth-order valence-corrected chi connectivity index (χ4v) is 3.69. The number of aryl methyl sites for hydroxylation is 2. The van der Waals surface area contributed by atoms with Gasteiger partial charge in [-0.1, -0.05) is 19.9 Å². The molecule has 0 saturated heterocycles. The normalized spacial score (nSPS) is 11.1. The van der Waals surface area contributed by atoms with Crippen molar-refractivity contribution in [3.8, 4) is 11.5 Å². The summed E-state index contributed by atoms with van der Waals surface area (Å²) in [6.45, 7) is 5.04. The summed E-state index contributed by atoms with van der Waals surface area (Å²) < 4.78 is 14.9. The summed E-state index contributed by atoms with van der Waals surface area (Å²) in [6.07, 6.45) is 3.09. The van der Waals surface area contributed by atoms with Crippen molar-refractivity contribution in [2.45, 2.75) is 39.8 Å². The SMILES string of the molecule is CCCOc1ccc(CN(CCC)C(=O)Cn2c(=O)c3c(ncn3C)n(C)c2=O)cc1OC. The number of carbonyl (C=O) groups excluding carboxylic acids is 1. The number of benzene rings is 1. The van der Waals surface area contributed by atoms with Crippen LogP contribution in [0.1, 0.15) is 32.3 Å². The van der Waals surface area contributed by atoms with Crippen molar-refractivity contribution < 1.29 is 14.3 Å². The topological polar surface area (TPSA) is 101 Å². The number of nitrogens with zero attached hydrogens (tertiary/aromatic N) is 5. The molecule has 10 nitrogen and oxygen atoms in total. The molecule has 0 spiro atoms. The predicted molar refractivity (Wildman–Crippen MR) is 125 cm³/mol. The van der Waals surface area contributed by atoms with Gasteiger partial charge in [-0.05, 0) is 30.5 Å². The summed E-state index contributed by atoms with van der Waals surface area (Å²) in [7, 11) is 4.79. The summed E-state index contributed by atoms with van der Waals surface area (Å²) in [6, 6.07) is 5.55. The van der Waals surface area contributed by atoms with Gasteiger partial charge < -0.3 is 18.9 Å². The van der Waals surface area contributed by atoms with Crippen LogP contribution in [0.25, 0.3) is 11.2 Å². The molecule has 0 atom stereocenters. The van der Waals surface area contributed by atoms with Gasteiger partial charge in [-0.3, -0.25) is 14.2 Å². The lowest BCUT2D eigenvalue weighted by Gasteiger charge is -2.23. The minimum absolute atomic E-state index is 0.277. The van der Waals surface area contributed by atoms with Gasteiger partial charge in [0, 0.05) is 27.2 Å². The first-order chi connectivity index (χ1) is 15.8. The lowest BCUT2D eigenvalue weighted by atomic mass is 10.1. The second kappa shape index (κ2) is 10.4. The van der Waals surface area contributed by atoms with Gasteiger partial charge in [0.1, 0.15) is 6.54 Å². The van der Waals surface area contributed by atoms with E-state index in [0.29, 0.717) is 36.8 Å². The van der Waals surface area contributed by atoms with E-state index in [1.807, 2.05) is 32.0 Å². The van der Waals surface area contributed by atoms with Crippen molar-refractivity contribution in [1.82, 2.24) is 23.6 Å². The Balaban J connectivity index is 1.88. The lowest BCUT2D eigenvalue weighted by molar-refractivity contribution is -0.132. The van der Waals surface area contributed by atoms with E-state index in [9.17, 15) is 14.4 Å². The molecule has 2 aromatic heterocycles. The summed E-state index contributed by atoms with van der Waals surface area (Å²) in [4.78, 5) is 44.7. The molecule has 0 fully saturated rings. The zero-order valence-corrected chi connectivity index (χ0v) is 19.8. The smallest absolute Gasteiger partial charge is 0.332 e. The number of ether oxygens (including phenoxy) is 2. The minimum Gasteiger partial charge on any atom is -0.493 e. The quantitative estimate of drug-likeness (QED) is 0.459. The van der Waals surface area contributed by atoms with Gasteiger partial charge in [0.15, 0.2) is 22.7 Å². The first-order valence-corrected chi connectivity index (χ1v) is 11.0. The van der Waals surface area contributed by atoms with Crippen molar-refractivity contribution in [3.63, 3.8) is 0 Å². The Morgan fingerprint density at radius 1 is 1.12 bits per heavy atom. The molecule has 1 aromatic carbocycles. The van der Waals surface area contributed by atoms with E-state index in [1.165, 1.54) is 17.9 Å². The number of methoxy groups -OCH3 is 1. The fourth-order valence-electron chi connectivity index (χ4n) is 3.69. The summed E-state index contributed by atoms with van der Waals surface area (Å²) >= 11 is 0. The van der Waals surface area contributed by atoms with Gasteiger partial charge in [0.2, 0.25) is 5.91 Å². The largest absolute Gasteiger partial charge is 0.493 e. The van der Waals surface area contributed by atoms with Crippen LogP contribution in [-0.4, -0.2) is 49.8 Å². The Labute approximate surface area is 192 Å². The number of hydrogen-bond acceptors (Lipinski definition) is 6. The van der Waals surface area contributed by atoms with Crippen molar-refractivity contribution >= 4 is 17.1 Å². The Morgan fingerprint density at radius 2 is 1.88 bits per heavy atom. The van der Waals surface area contributed by atoms with Crippen LogP contribution in [0.2, 0.25) is 0 Å². The van der Waals surface area contributed by atoms with E-state index in [0.717, 1.165) is 23.0 Å². The number of fused-ring (bicyclic) bond motifs is 1. The molecule has 0 aliphatic heterocycles. The number of amides is 1. The predicted octanol–water partition coefficient (Wildman–Crippen LogP) is 1.67. The van der Waals surface area contributed by atoms with E-state index in [4.69, 9.17) is 9.47 Å². The zero-order chi connectivity index (χ0) is 24.1. The summed E-state index contributed by atoms with van der Waals surface area (Å²) in [5, 5.41) is 0. The minimum atomic E-state index is -0.574. The Kier molecular flexibility index (Phi) is 7.57. The Morgan fingerprint density at radius 3 is 2.55 bits per heavy atom. The van der Waals surface area contributed by atoms with Gasteiger partial charge in [-0.15, -0.1) is 0 Å². The molecule has 0 saturated carbocycles. The van der Waals surface area contributed by atoms with Gasteiger partial charge in [0.25, 0.3) is 5.56 Å². The molecule has 0 aliphatic carbocycles. The van der Waals surface area contributed by atoms with E-state index < -0.39 is 11.2 Å². The second-order valence-electron chi connectivity index (χ2n) is 7.91. The molecule has 0 bridgehead atoms. The molecule has 2 heterocycles. The standard InChI is InChI=1S/C23H31N5O5/c1-6-10-27(13-16-8-9-17(33-11-7-2)18(12-16)32-5)19(29)14-28-22(30)20-21(24-15-25(20)3)26(4)23(28)31/h8-9,12,15H,6-7,10-11,13-14H2,1-5H3. The second-order valence-corrected chi connectivity index (χ2v) is 7.91. The molecule has 0 N–H and O–H groups in total. The monoisotopic (exact) mass is 457 g/mol. The van der Waals surface area contributed by atoms with Crippen LogP contribution in [0.5, 0.6) is 11.5 Å². The van der Waals surface area contributed by atoms with Crippen LogP contribution >= 0.6 is 0 Å². The molecule has 0 unspecified atom stereocenters. The van der Waals surface area contributed by atoms with Crippen molar-refractivity contribution in [1.29, 1.82) is 0 Å². The number of rotatable bonds is 10. The van der Waals surface area contributed by atoms with Crippen LogP contribution in [-0.2, 0) is 32.0 Å². The van der Waals surface area contributed by atoms with Crippen molar-refractivity contribution in [2.24, 2.45) is 14.1 Å². The average Bonchev–Trinajstić information content (AvgIpc) is 3.20. The van der Waals surface area contributed by atoms with Gasteiger partial charge in [0.05, 0.1) is 20.0 Å². The number of carbonyl (C=O) groups is 1. The Bertz CT molecular complexity index is 1260. The number of hydrogen-bond donors (Lipinski definition) is 0. The molecule has 178 valence electrons. The van der Waals surface area contributed by atoms with Crippen LogP contribution in [0, 0.1) is 0 Å². The van der Waals surface area contributed by atoms with Crippen LogP contribution in [0.15, 0.2) is 34.1 Å². The lowest BCUT2D eigenvalue weighted by Crippen LogP contribution is -2.44. The maximum Gasteiger partial charge on any atom is 0.332 e. The summed E-state index contributed by atoms with van der Waals surface area (Å²) in [5.41, 5.74) is 0.324. The first-order valence-electron chi connectivity index (χ1n) is 11.0. The number of imidazole rings is 1.